The molecule has 0 saturated heterocycles. The number of fused-ring (bicyclic) bond motifs is 1. The monoisotopic (exact) mass is 398 g/mol. The maximum atomic E-state index is 6.13. The lowest BCUT2D eigenvalue weighted by Gasteiger charge is -2.00. The van der Waals surface area contributed by atoms with Crippen LogP contribution >= 0.6 is 43.5 Å². The van der Waals surface area contributed by atoms with Gasteiger partial charge in [0.1, 0.15) is 5.82 Å². The molecular weight excluding hydrogens is 391 g/mol. The minimum absolute atomic E-state index is 0.737. The number of aromatic amines is 1. The average Bonchev–Trinajstić information content (AvgIpc) is 2.72. The summed E-state index contributed by atoms with van der Waals surface area (Å²) in [6.07, 6.45) is 0. The molecule has 19 heavy (non-hydrogen) atoms. The highest BCUT2D eigenvalue weighted by atomic mass is 79.9. The van der Waals surface area contributed by atoms with Crippen molar-refractivity contribution in [2.45, 2.75) is 6.92 Å². The van der Waals surface area contributed by atoms with Crippen LogP contribution in [-0.4, -0.2) is 9.97 Å². The van der Waals surface area contributed by atoms with Crippen LogP contribution in [0.4, 0.5) is 0 Å². The average molecular weight is 401 g/mol. The molecule has 3 rings (SSSR count). The number of nitrogens with zero attached hydrogens (tertiary/aromatic N) is 1. The first-order chi connectivity index (χ1) is 9.04. The Morgan fingerprint density at radius 1 is 1.16 bits per heavy atom. The Morgan fingerprint density at radius 2 is 1.95 bits per heavy atom. The van der Waals surface area contributed by atoms with Gasteiger partial charge >= 0.3 is 0 Å². The Labute approximate surface area is 132 Å². The molecule has 0 atom stereocenters. The van der Waals surface area contributed by atoms with Crippen molar-refractivity contribution < 1.29 is 0 Å². The molecule has 0 radical (unpaired) electrons. The van der Waals surface area contributed by atoms with E-state index in [1.54, 1.807) is 0 Å². The van der Waals surface area contributed by atoms with Crippen LogP contribution in [-0.2, 0) is 0 Å². The van der Waals surface area contributed by atoms with Crippen LogP contribution in [0.15, 0.2) is 39.3 Å². The third-order valence-electron chi connectivity index (χ3n) is 2.95. The van der Waals surface area contributed by atoms with E-state index in [0.717, 1.165) is 42.0 Å². The van der Waals surface area contributed by atoms with Crippen LogP contribution in [0.25, 0.3) is 22.4 Å². The largest absolute Gasteiger partial charge is 0.338 e. The molecule has 2 aromatic carbocycles. The second kappa shape index (κ2) is 4.93. The molecule has 0 saturated carbocycles. The molecular formula is C14H9Br2ClN2. The second-order valence-electron chi connectivity index (χ2n) is 4.33. The fraction of sp³-hybridized carbons (Fsp3) is 0.0714. The molecule has 0 spiro atoms. The Kier molecular flexibility index (Phi) is 3.41. The molecule has 1 aromatic heterocycles. The lowest BCUT2D eigenvalue weighted by atomic mass is 10.2. The summed E-state index contributed by atoms with van der Waals surface area (Å²) in [6.45, 7) is 1.98. The highest BCUT2D eigenvalue weighted by Gasteiger charge is 2.10. The lowest BCUT2D eigenvalue weighted by molar-refractivity contribution is 1.32. The first kappa shape index (κ1) is 13.2. The van der Waals surface area contributed by atoms with Crippen molar-refractivity contribution >= 4 is 54.5 Å². The zero-order valence-corrected chi connectivity index (χ0v) is 13.9. The van der Waals surface area contributed by atoms with Crippen LogP contribution in [0.3, 0.4) is 0 Å². The van der Waals surface area contributed by atoms with E-state index in [9.17, 15) is 0 Å². The number of aryl methyl sites for hydroxylation is 1. The molecule has 0 unspecified atom stereocenters. The van der Waals surface area contributed by atoms with E-state index in [2.05, 4.69) is 41.8 Å². The fourth-order valence-corrected chi connectivity index (χ4v) is 3.34. The van der Waals surface area contributed by atoms with Gasteiger partial charge in [0.2, 0.25) is 0 Å². The smallest absolute Gasteiger partial charge is 0.139 e. The second-order valence-corrected chi connectivity index (χ2v) is 6.51. The zero-order chi connectivity index (χ0) is 13.6. The van der Waals surface area contributed by atoms with Gasteiger partial charge in [0.15, 0.2) is 0 Å². The highest BCUT2D eigenvalue weighted by Crippen LogP contribution is 2.31. The minimum Gasteiger partial charge on any atom is -0.338 e. The van der Waals surface area contributed by atoms with Gasteiger partial charge in [0, 0.05) is 19.5 Å². The number of rotatable bonds is 1. The SMILES string of the molecule is Cc1cc2[nH]c(-c3ccc(Br)cc3Br)nc2cc1Cl. The summed E-state index contributed by atoms with van der Waals surface area (Å²) in [7, 11) is 0. The Bertz CT molecular complexity index is 741. The molecule has 2 nitrogen and oxygen atoms in total. The van der Waals surface area contributed by atoms with Crippen LogP contribution in [0.5, 0.6) is 0 Å². The van der Waals surface area contributed by atoms with Gasteiger partial charge in [-0.25, -0.2) is 4.98 Å². The van der Waals surface area contributed by atoms with Crippen molar-refractivity contribution in [2.75, 3.05) is 0 Å². The third kappa shape index (κ3) is 2.45. The maximum Gasteiger partial charge on any atom is 0.139 e. The topological polar surface area (TPSA) is 28.7 Å². The normalized spacial score (nSPS) is 11.2. The number of imidazole rings is 1. The Balaban J connectivity index is 2.20. The summed E-state index contributed by atoms with van der Waals surface area (Å²) in [6, 6.07) is 9.91. The standard InChI is InChI=1S/C14H9Br2ClN2/c1-7-4-12-13(6-11(7)17)19-14(18-12)9-3-2-8(15)5-10(9)16/h2-6H,1H3,(H,18,19). The van der Waals surface area contributed by atoms with Crippen LogP contribution < -0.4 is 0 Å². The van der Waals surface area contributed by atoms with Gasteiger partial charge in [0.05, 0.1) is 11.0 Å². The van der Waals surface area contributed by atoms with Gasteiger partial charge in [-0.05, 0) is 58.7 Å². The molecule has 0 fully saturated rings. The van der Waals surface area contributed by atoms with Gasteiger partial charge in [0.25, 0.3) is 0 Å². The number of nitrogens with one attached hydrogen (secondary N) is 1. The lowest BCUT2D eigenvalue weighted by Crippen LogP contribution is -1.82. The number of halogens is 3. The Hall–Kier alpha value is -0.840. The third-order valence-corrected chi connectivity index (χ3v) is 4.51. The Morgan fingerprint density at radius 3 is 2.68 bits per heavy atom. The van der Waals surface area contributed by atoms with Crippen molar-refractivity contribution in [1.82, 2.24) is 9.97 Å². The number of benzene rings is 2. The molecule has 5 heteroatoms. The molecule has 96 valence electrons. The molecule has 1 N–H and O–H groups in total. The van der Waals surface area contributed by atoms with Gasteiger partial charge < -0.3 is 4.98 Å². The van der Waals surface area contributed by atoms with Crippen molar-refractivity contribution in [3.63, 3.8) is 0 Å². The zero-order valence-electron chi connectivity index (χ0n) is 9.97. The first-order valence-electron chi connectivity index (χ1n) is 5.66. The first-order valence-corrected chi connectivity index (χ1v) is 7.62. The predicted octanol–water partition coefficient (Wildman–Crippen LogP) is 5.72. The highest BCUT2D eigenvalue weighted by molar-refractivity contribution is 9.11. The van der Waals surface area contributed by atoms with Crippen molar-refractivity contribution in [3.05, 3.63) is 49.9 Å². The van der Waals surface area contributed by atoms with Gasteiger partial charge in [-0.15, -0.1) is 0 Å². The van der Waals surface area contributed by atoms with E-state index >= 15 is 0 Å². The molecule has 0 aliphatic heterocycles. The van der Waals surface area contributed by atoms with Gasteiger partial charge in [-0.1, -0.05) is 27.5 Å². The van der Waals surface area contributed by atoms with E-state index < -0.39 is 0 Å². The summed E-state index contributed by atoms with van der Waals surface area (Å²) < 4.78 is 2.02. The van der Waals surface area contributed by atoms with Crippen LogP contribution in [0, 0.1) is 6.92 Å². The summed E-state index contributed by atoms with van der Waals surface area (Å²) >= 11 is 13.1. The van der Waals surface area contributed by atoms with E-state index in [-0.39, 0.29) is 0 Å². The van der Waals surface area contributed by atoms with Crippen molar-refractivity contribution in [3.8, 4) is 11.4 Å². The number of hydrogen-bond acceptors (Lipinski definition) is 1. The van der Waals surface area contributed by atoms with E-state index in [0.29, 0.717) is 0 Å². The van der Waals surface area contributed by atoms with Crippen molar-refractivity contribution in [2.24, 2.45) is 0 Å². The summed E-state index contributed by atoms with van der Waals surface area (Å²) in [5.74, 6) is 0.830. The maximum absolute atomic E-state index is 6.13. The molecule has 1 heterocycles. The van der Waals surface area contributed by atoms with Crippen LogP contribution in [0.1, 0.15) is 5.56 Å². The van der Waals surface area contributed by atoms with Gasteiger partial charge in [-0.3, -0.25) is 0 Å². The van der Waals surface area contributed by atoms with Crippen molar-refractivity contribution in [1.29, 1.82) is 0 Å². The molecule has 0 aliphatic rings. The van der Waals surface area contributed by atoms with Crippen LogP contribution in [0.2, 0.25) is 5.02 Å². The minimum atomic E-state index is 0.737. The van der Waals surface area contributed by atoms with E-state index in [1.807, 2.05) is 37.3 Å². The number of H-pyrrole nitrogens is 1. The fourth-order valence-electron chi connectivity index (χ4n) is 1.95. The number of hydrogen-bond donors (Lipinski definition) is 1. The summed E-state index contributed by atoms with van der Waals surface area (Å²) in [5, 5.41) is 0.737. The summed E-state index contributed by atoms with van der Waals surface area (Å²) in [5.41, 5.74) is 3.93. The van der Waals surface area contributed by atoms with E-state index in [1.165, 1.54) is 0 Å². The molecule has 0 aliphatic carbocycles. The van der Waals surface area contributed by atoms with E-state index in [4.69, 9.17) is 11.6 Å². The summed E-state index contributed by atoms with van der Waals surface area (Å²) in [4.78, 5) is 7.92. The predicted molar refractivity (Wildman–Crippen MR) is 86.7 cm³/mol. The quantitative estimate of drug-likeness (QED) is 0.556. The number of aromatic nitrogens is 2. The molecule has 0 amide bonds. The van der Waals surface area contributed by atoms with Gasteiger partial charge in [-0.2, -0.15) is 0 Å². The molecule has 0 bridgehead atoms. The molecule has 3 aromatic rings.